The Morgan fingerprint density at radius 1 is 1.38 bits per heavy atom. The van der Waals surface area contributed by atoms with Crippen molar-refractivity contribution < 1.29 is 4.74 Å². The van der Waals surface area contributed by atoms with E-state index in [9.17, 15) is 0 Å². The Balaban J connectivity index is 1.74. The molecule has 0 aliphatic carbocycles. The molecule has 1 fully saturated rings. The molecule has 1 aliphatic rings. The van der Waals surface area contributed by atoms with Gasteiger partial charge in [-0.05, 0) is 79.1 Å². The Labute approximate surface area is 140 Å². The minimum absolute atomic E-state index is 0.675. The SMILES string of the molecule is C/C(=C\I)OCC1CCN(Cc2ccc(C#N)cc2)CC1. The Morgan fingerprint density at radius 3 is 2.62 bits per heavy atom. The van der Waals surface area contributed by atoms with E-state index in [1.54, 1.807) is 0 Å². The lowest BCUT2D eigenvalue weighted by molar-refractivity contribution is 0.105. The normalized spacial score (nSPS) is 17.5. The summed E-state index contributed by atoms with van der Waals surface area (Å²) in [6.07, 6.45) is 2.40. The molecule has 0 unspecified atom stereocenters. The summed E-state index contributed by atoms with van der Waals surface area (Å²) in [5.74, 6) is 1.68. The first-order valence-corrected chi connectivity index (χ1v) is 8.57. The largest absolute Gasteiger partial charge is 0.497 e. The summed E-state index contributed by atoms with van der Waals surface area (Å²) in [5.41, 5.74) is 2.01. The molecular formula is C17H21IN2O. The third-order valence-corrected chi connectivity index (χ3v) is 4.77. The predicted octanol–water partition coefficient (Wildman–Crippen LogP) is 4.08. The first kappa shape index (κ1) is 16.3. The number of nitrogens with zero attached hydrogens (tertiary/aromatic N) is 2. The van der Waals surface area contributed by atoms with Crippen molar-refractivity contribution in [2.75, 3.05) is 19.7 Å². The van der Waals surface area contributed by atoms with Gasteiger partial charge in [-0.1, -0.05) is 12.1 Å². The zero-order valence-electron chi connectivity index (χ0n) is 12.4. The molecule has 0 radical (unpaired) electrons. The molecule has 0 N–H and O–H groups in total. The highest BCUT2D eigenvalue weighted by Gasteiger charge is 2.19. The van der Waals surface area contributed by atoms with Crippen molar-refractivity contribution in [2.45, 2.75) is 26.3 Å². The van der Waals surface area contributed by atoms with E-state index >= 15 is 0 Å². The number of allylic oxidation sites excluding steroid dienone is 1. The highest BCUT2D eigenvalue weighted by Crippen LogP contribution is 2.20. The van der Waals surface area contributed by atoms with Crippen LogP contribution in [-0.2, 0) is 11.3 Å². The maximum Gasteiger partial charge on any atom is 0.0991 e. The third-order valence-electron chi connectivity index (χ3n) is 3.90. The van der Waals surface area contributed by atoms with Crippen molar-refractivity contribution in [2.24, 2.45) is 5.92 Å². The number of benzene rings is 1. The van der Waals surface area contributed by atoms with Gasteiger partial charge in [0.1, 0.15) is 0 Å². The van der Waals surface area contributed by atoms with E-state index in [4.69, 9.17) is 10.00 Å². The van der Waals surface area contributed by atoms with Crippen LogP contribution < -0.4 is 0 Å². The van der Waals surface area contributed by atoms with Crippen molar-refractivity contribution in [3.05, 3.63) is 45.2 Å². The third kappa shape index (κ3) is 5.33. The van der Waals surface area contributed by atoms with Gasteiger partial charge >= 0.3 is 0 Å². The number of halogens is 1. The lowest BCUT2D eigenvalue weighted by Crippen LogP contribution is -2.34. The summed E-state index contributed by atoms with van der Waals surface area (Å²) in [7, 11) is 0. The average Bonchev–Trinajstić information content (AvgIpc) is 2.54. The van der Waals surface area contributed by atoms with E-state index in [1.165, 1.54) is 18.4 Å². The fourth-order valence-corrected chi connectivity index (χ4v) is 2.71. The quantitative estimate of drug-likeness (QED) is 0.556. The van der Waals surface area contributed by atoms with Crippen LogP contribution in [0, 0.1) is 17.2 Å². The minimum atomic E-state index is 0.675. The molecule has 112 valence electrons. The monoisotopic (exact) mass is 396 g/mol. The van der Waals surface area contributed by atoms with E-state index in [2.05, 4.69) is 45.7 Å². The molecule has 2 rings (SSSR count). The number of ether oxygens (including phenoxy) is 1. The molecule has 0 aromatic heterocycles. The highest BCUT2D eigenvalue weighted by atomic mass is 127. The van der Waals surface area contributed by atoms with Crippen LogP contribution in [0.3, 0.4) is 0 Å². The molecule has 1 heterocycles. The van der Waals surface area contributed by atoms with Gasteiger partial charge in [-0.2, -0.15) is 5.26 Å². The predicted molar refractivity (Wildman–Crippen MR) is 92.9 cm³/mol. The first-order chi connectivity index (χ1) is 10.2. The van der Waals surface area contributed by atoms with Gasteiger partial charge in [0, 0.05) is 10.6 Å². The lowest BCUT2D eigenvalue weighted by atomic mass is 9.97. The van der Waals surface area contributed by atoms with Crippen molar-refractivity contribution in [3.8, 4) is 6.07 Å². The second-order valence-electron chi connectivity index (χ2n) is 5.56. The standard InChI is InChI=1S/C17H21IN2O/c1-14(10-18)21-13-17-6-8-20(9-7-17)12-16-4-2-15(11-19)3-5-16/h2-5,10,17H,6-9,12-13H2,1H3/b14-10+. The van der Waals surface area contributed by atoms with Gasteiger partial charge in [-0.3, -0.25) is 4.90 Å². The molecule has 4 heteroatoms. The van der Waals surface area contributed by atoms with E-state index in [1.807, 2.05) is 23.1 Å². The second-order valence-corrected chi connectivity index (χ2v) is 6.18. The van der Waals surface area contributed by atoms with Crippen molar-refractivity contribution >= 4 is 22.6 Å². The summed E-state index contributed by atoms with van der Waals surface area (Å²) < 4.78 is 7.70. The van der Waals surface area contributed by atoms with E-state index < -0.39 is 0 Å². The smallest absolute Gasteiger partial charge is 0.0991 e. The molecule has 0 saturated carbocycles. The minimum Gasteiger partial charge on any atom is -0.497 e. The number of piperidine rings is 1. The van der Waals surface area contributed by atoms with Crippen LogP contribution in [0.1, 0.15) is 30.9 Å². The topological polar surface area (TPSA) is 36.3 Å². The lowest BCUT2D eigenvalue weighted by Gasteiger charge is -2.31. The van der Waals surface area contributed by atoms with Gasteiger partial charge in [0.05, 0.1) is 24.0 Å². The number of hydrogen-bond donors (Lipinski definition) is 0. The molecule has 1 aromatic carbocycles. The zero-order valence-corrected chi connectivity index (χ0v) is 14.5. The first-order valence-electron chi connectivity index (χ1n) is 7.32. The summed E-state index contributed by atoms with van der Waals surface area (Å²) in [4.78, 5) is 2.49. The molecule has 0 spiro atoms. The van der Waals surface area contributed by atoms with Crippen LogP contribution in [0.2, 0.25) is 0 Å². The van der Waals surface area contributed by atoms with Crippen molar-refractivity contribution in [1.82, 2.24) is 4.90 Å². The van der Waals surface area contributed by atoms with Crippen LogP contribution in [-0.4, -0.2) is 24.6 Å². The van der Waals surface area contributed by atoms with Crippen LogP contribution in [0.5, 0.6) is 0 Å². The number of likely N-dealkylation sites (tertiary alicyclic amines) is 1. The maximum absolute atomic E-state index is 8.81. The van der Waals surface area contributed by atoms with Crippen molar-refractivity contribution in [1.29, 1.82) is 5.26 Å². The Hall–Kier alpha value is -1.06. The maximum atomic E-state index is 8.81. The summed E-state index contributed by atoms with van der Waals surface area (Å²) in [6, 6.07) is 10.1. The number of rotatable bonds is 5. The summed E-state index contributed by atoms with van der Waals surface area (Å²) in [6.45, 7) is 6.08. The zero-order chi connectivity index (χ0) is 15.1. The van der Waals surface area contributed by atoms with Gasteiger partial charge in [0.2, 0.25) is 0 Å². The summed E-state index contributed by atoms with van der Waals surface area (Å²) >= 11 is 2.21. The molecule has 0 atom stereocenters. The van der Waals surface area contributed by atoms with Gasteiger partial charge in [-0.25, -0.2) is 0 Å². The number of hydrogen-bond acceptors (Lipinski definition) is 3. The Bertz CT molecular complexity index is 511. The van der Waals surface area contributed by atoms with Crippen LogP contribution in [0.4, 0.5) is 0 Å². The van der Waals surface area contributed by atoms with Crippen LogP contribution >= 0.6 is 22.6 Å². The van der Waals surface area contributed by atoms with Crippen molar-refractivity contribution in [3.63, 3.8) is 0 Å². The van der Waals surface area contributed by atoms with Crippen LogP contribution in [0.15, 0.2) is 34.1 Å². The Kier molecular flexibility index (Phi) is 6.52. The van der Waals surface area contributed by atoms with Crippen LogP contribution in [0.25, 0.3) is 0 Å². The Morgan fingerprint density at radius 2 is 2.05 bits per heavy atom. The van der Waals surface area contributed by atoms with E-state index in [0.717, 1.165) is 37.6 Å². The molecule has 1 aliphatic heterocycles. The van der Waals surface area contributed by atoms with Gasteiger partial charge in [0.25, 0.3) is 0 Å². The summed E-state index contributed by atoms with van der Waals surface area (Å²) in [5, 5.41) is 8.81. The van der Waals surface area contributed by atoms with Gasteiger partial charge in [-0.15, -0.1) is 0 Å². The fraction of sp³-hybridized carbons (Fsp3) is 0.471. The molecule has 1 aromatic rings. The molecule has 0 bridgehead atoms. The van der Waals surface area contributed by atoms with Gasteiger partial charge < -0.3 is 4.74 Å². The fourth-order valence-electron chi connectivity index (χ4n) is 2.53. The molecular weight excluding hydrogens is 375 g/mol. The van der Waals surface area contributed by atoms with Gasteiger partial charge in [0.15, 0.2) is 0 Å². The number of nitriles is 1. The molecule has 0 amide bonds. The second kappa shape index (κ2) is 8.40. The molecule has 3 nitrogen and oxygen atoms in total. The van der Waals surface area contributed by atoms with E-state index in [-0.39, 0.29) is 0 Å². The average molecular weight is 396 g/mol. The molecule has 21 heavy (non-hydrogen) atoms. The highest BCUT2D eigenvalue weighted by molar-refractivity contribution is 14.1. The van der Waals surface area contributed by atoms with E-state index in [0.29, 0.717) is 5.92 Å². The molecule has 1 saturated heterocycles.